The molecule has 0 spiro atoms. The average Bonchev–Trinajstić information content (AvgIpc) is 3.13. The number of ether oxygens (including phenoxy) is 1. The Hall–Kier alpha value is -1.63. The molecular formula is C19H32N4O3. The van der Waals surface area contributed by atoms with Crippen molar-refractivity contribution in [2.24, 2.45) is 5.92 Å². The molecule has 0 saturated carbocycles. The van der Waals surface area contributed by atoms with Gasteiger partial charge in [0.2, 0.25) is 5.89 Å². The maximum atomic E-state index is 12.5. The summed E-state index contributed by atoms with van der Waals surface area (Å²) in [5.41, 5.74) is -0.249. The van der Waals surface area contributed by atoms with Gasteiger partial charge in [-0.25, -0.2) is 4.79 Å². The largest absolute Gasteiger partial charge is 0.381 e. The molecule has 7 nitrogen and oxygen atoms in total. The molecular weight excluding hydrogens is 332 g/mol. The summed E-state index contributed by atoms with van der Waals surface area (Å²) >= 11 is 0. The number of aromatic nitrogens is 2. The second-order valence-electron chi connectivity index (χ2n) is 8.34. The maximum Gasteiger partial charge on any atom is 0.317 e. The van der Waals surface area contributed by atoms with Crippen molar-refractivity contribution in [3.05, 3.63) is 11.7 Å². The van der Waals surface area contributed by atoms with Crippen molar-refractivity contribution in [2.75, 3.05) is 32.8 Å². The van der Waals surface area contributed by atoms with E-state index in [0.29, 0.717) is 18.4 Å². The van der Waals surface area contributed by atoms with Crippen LogP contribution in [0, 0.1) is 5.92 Å². The summed E-state index contributed by atoms with van der Waals surface area (Å²) in [6.07, 6.45) is 4.78. The number of hydrogen-bond donors (Lipinski definition) is 1. The van der Waals surface area contributed by atoms with E-state index in [4.69, 9.17) is 14.2 Å². The second kappa shape index (κ2) is 8.37. The Morgan fingerprint density at radius 2 is 2.15 bits per heavy atom. The van der Waals surface area contributed by atoms with Crippen LogP contribution in [0.4, 0.5) is 4.79 Å². The summed E-state index contributed by atoms with van der Waals surface area (Å²) in [7, 11) is 0. The number of urea groups is 1. The van der Waals surface area contributed by atoms with Crippen molar-refractivity contribution in [3.8, 4) is 0 Å². The molecule has 2 fully saturated rings. The Morgan fingerprint density at radius 1 is 1.38 bits per heavy atom. The Labute approximate surface area is 155 Å². The Kier molecular flexibility index (Phi) is 6.16. The summed E-state index contributed by atoms with van der Waals surface area (Å²) in [5.74, 6) is 2.35. The number of carbonyl (C=O) groups is 1. The molecule has 0 radical (unpaired) electrons. The predicted octanol–water partition coefficient (Wildman–Crippen LogP) is 3.07. The lowest BCUT2D eigenvalue weighted by molar-refractivity contribution is 0.0778. The molecule has 2 aliphatic heterocycles. The first-order chi connectivity index (χ1) is 12.5. The van der Waals surface area contributed by atoms with E-state index in [1.54, 1.807) is 0 Å². The first-order valence-electron chi connectivity index (χ1n) is 9.92. The Morgan fingerprint density at radius 3 is 2.88 bits per heavy atom. The van der Waals surface area contributed by atoms with Crippen LogP contribution in [-0.4, -0.2) is 53.9 Å². The topological polar surface area (TPSA) is 80.5 Å². The van der Waals surface area contributed by atoms with Gasteiger partial charge in [-0.15, -0.1) is 0 Å². The van der Waals surface area contributed by atoms with Crippen LogP contribution in [0.3, 0.4) is 0 Å². The van der Waals surface area contributed by atoms with E-state index >= 15 is 0 Å². The lowest BCUT2D eigenvalue weighted by Gasteiger charge is -2.38. The quantitative estimate of drug-likeness (QED) is 0.868. The van der Waals surface area contributed by atoms with E-state index in [9.17, 15) is 4.79 Å². The van der Waals surface area contributed by atoms with Crippen LogP contribution >= 0.6 is 0 Å². The predicted molar refractivity (Wildman–Crippen MR) is 98.1 cm³/mol. The minimum Gasteiger partial charge on any atom is -0.381 e. The molecule has 2 saturated heterocycles. The van der Waals surface area contributed by atoms with E-state index in [0.717, 1.165) is 70.1 Å². The van der Waals surface area contributed by atoms with Gasteiger partial charge >= 0.3 is 6.03 Å². The zero-order valence-corrected chi connectivity index (χ0v) is 16.3. The molecule has 146 valence electrons. The molecule has 1 aromatic heterocycles. The van der Waals surface area contributed by atoms with E-state index in [1.165, 1.54) is 0 Å². The van der Waals surface area contributed by atoms with Crippen molar-refractivity contribution >= 4 is 6.03 Å². The van der Waals surface area contributed by atoms with Crippen LogP contribution in [0.15, 0.2) is 4.52 Å². The summed E-state index contributed by atoms with van der Waals surface area (Å²) in [4.78, 5) is 19.1. The third-order valence-electron chi connectivity index (χ3n) is 5.53. The third kappa shape index (κ3) is 4.55. The normalized spacial score (nSPS) is 24.8. The molecule has 3 rings (SSSR count). The molecule has 0 aliphatic carbocycles. The van der Waals surface area contributed by atoms with Gasteiger partial charge in [-0.2, -0.15) is 4.98 Å². The number of nitrogens with one attached hydrogen (secondary N) is 1. The number of amides is 2. The van der Waals surface area contributed by atoms with Crippen LogP contribution in [0.5, 0.6) is 0 Å². The zero-order chi connectivity index (χ0) is 18.6. The molecule has 26 heavy (non-hydrogen) atoms. The molecule has 0 aromatic carbocycles. The summed E-state index contributed by atoms with van der Waals surface area (Å²) in [5, 5.41) is 7.32. The van der Waals surface area contributed by atoms with Gasteiger partial charge in [0.05, 0.1) is 0 Å². The van der Waals surface area contributed by atoms with E-state index in [-0.39, 0.29) is 11.4 Å². The number of nitrogens with zero attached hydrogens (tertiary/aromatic N) is 3. The number of carbonyl (C=O) groups excluding carboxylic acids is 1. The van der Waals surface area contributed by atoms with Crippen LogP contribution < -0.4 is 5.32 Å². The highest BCUT2D eigenvalue weighted by Crippen LogP contribution is 2.34. The van der Waals surface area contributed by atoms with Crippen molar-refractivity contribution in [1.29, 1.82) is 0 Å². The third-order valence-corrected chi connectivity index (χ3v) is 5.53. The van der Waals surface area contributed by atoms with Crippen molar-refractivity contribution in [3.63, 3.8) is 0 Å². The Balaban J connectivity index is 1.61. The van der Waals surface area contributed by atoms with Gasteiger partial charge in [-0.3, -0.25) is 0 Å². The standard InChI is InChI=1S/C19H32N4O3/c1-14(2)5-9-20-18(24)23-10-4-8-19(3,13-23)17-21-16(26-22-17)15-6-11-25-12-7-15/h14-15H,4-13H2,1-3H3,(H,20,24). The fourth-order valence-corrected chi connectivity index (χ4v) is 3.77. The zero-order valence-electron chi connectivity index (χ0n) is 16.3. The van der Waals surface area contributed by atoms with E-state index < -0.39 is 0 Å². The fraction of sp³-hybridized carbons (Fsp3) is 0.842. The van der Waals surface area contributed by atoms with Gasteiger partial charge in [0, 0.05) is 44.2 Å². The maximum absolute atomic E-state index is 12.5. The minimum atomic E-state index is -0.249. The smallest absolute Gasteiger partial charge is 0.317 e. The van der Waals surface area contributed by atoms with E-state index in [1.807, 2.05) is 4.90 Å². The van der Waals surface area contributed by atoms with Gasteiger partial charge in [-0.05, 0) is 38.0 Å². The molecule has 1 unspecified atom stereocenters. The molecule has 2 aliphatic rings. The second-order valence-corrected chi connectivity index (χ2v) is 8.34. The molecule has 2 amide bonds. The van der Waals surface area contributed by atoms with Crippen LogP contribution in [0.25, 0.3) is 0 Å². The van der Waals surface area contributed by atoms with Crippen molar-refractivity contribution in [2.45, 2.75) is 64.2 Å². The van der Waals surface area contributed by atoms with Crippen LogP contribution in [0.1, 0.15) is 70.5 Å². The van der Waals surface area contributed by atoms with Crippen molar-refractivity contribution in [1.82, 2.24) is 20.4 Å². The number of hydrogen-bond acceptors (Lipinski definition) is 5. The SMILES string of the molecule is CC(C)CCNC(=O)N1CCCC(C)(c2noc(C3CCOCC3)n2)C1. The molecule has 3 heterocycles. The minimum absolute atomic E-state index is 0.0183. The number of rotatable bonds is 5. The highest BCUT2D eigenvalue weighted by atomic mass is 16.5. The number of piperidine rings is 1. The number of likely N-dealkylation sites (tertiary alicyclic amines) is 1. The molecule has 7 heteroatoms. The molecule has 1 atom stereocenters. The van der Waals surface area contributed by atoms with Crippen molar-refractivity contribution < 1.29 is 14.1 Å². The average molecular weight is 364 g/mol. The summed E-state index contributed by atoms with van der Waals surface area (Å²) in [6.45, 7) is 10.1. The monoisotopic (exact) mass is 364 g/mol. The lowest BCUT2D eigenvalue weighted by Crippen LogP contribution is -2.51. The van der Waals surface area contributed by atoms with Gasteiger partial charge in [0.1, 0.15) is 0 Å². The molecule has 1 N–H and O–H groups in total. The first kappa shape index (κ1) is 19.1. The summed E-state index contributed by atoms with van der Waals surface area (Å²) < 4.78 is 11.0. The molecule has 1 aromatic rings. The highest BCUT2D eigenvalue weighted by Gasteiger charge is 2.39. The first-order valence-corrected chi connectivity index (χ1v) is 9.92. The Bertz CT molecular complexity index is 597. The van der Waals surface area contributed by atoms with Gasteiger partial charge in [0.25, 0.3) is 0 Å². The molecule has 0 bridgehead atoms. The lowest BCUT2D eigenvalue weighted by atomic mass is 9.81. The fourth-order valence-electron chi connectivity index (χ4n) is 3.77. The van der Waals surface area contributed by atoms with E-state index in [2.05, 4.69) is 31.2 Å². The van der Waals surface area contributed by atoms with Gasteiger partial charge in [0.15, 0.2) is 5.82 Å². The van der Waals surface area contributed by atoms with Gasteiger partial charge < -0.3 is 19.5 Å². The van der Waals surface area contributed by atoms with Crippen LogP contribution in [-0.2, 0) is 10.2 Å². The van der Waals surface area contributed by atoms with Gasteiger partial charge in [-0.1, -0.05) is 25.9 Å². The summed E-state index contributed by atoms with van der Waals surface area (Å²) in [6, 6.07) is 0.0183. The van der Waals surface area contributed by atoms with Crippen LogP contribution in [0.2, 0.25) is 0 Å². The highest BCUT2D eigenvalue weighted by molar-refractivity contribution is 5.74.